The maximum atomic E-state index is 13.1. The van der Waals surface area contributed by atoms with Crippen LogP contribution in [0.5, 0.6) is 11.5 Å². The van der Waals surface area contributed by atoms with E-state index in [9.17, 15) is 9.59 Å². The van der Waals surface area contributed by atoms with Crippen LogP contribution in [0.15, 0.2) is 72.8 Å². The highest BCUT2D eigenvalue weighted by Gasteiger charge is 2.17. The molecule has 0 unspecified atom stereocenters. The van der Waals surface area contributed by atoms with Crippen molar-refractivity contribution < 1.29 is 19.1 Å². The zero-order chi connectivity index (χ0) is 26.2. The summed E-state index contributed by atoms with van der Waals surface area (Å²) in [5.74, 6) is 1.72. The number of benzene rings is 3. The summed E-state index contributed by atoms with van der Waals surface area (Å²) in [5.41, 5.74) is 3.36. The molecule has 1 heterocycles. The number of nitrogens with zero attached hydrogens (tertiary/aromatic N) is 3. The van der Waals surface area contributed by atoms with Crippen LogP contribution in [0.4, 0.5) is 0 Å². The van der Waals surface area contributed by atoms with Crippen molar-refractivity contribution in [1.82, 2.24) is 19.8 Å². The SMILES string of the molecule is COc1ccc(C(=O)NCCCc2nc3ccccc3n2CC(=O)N(C)Cc2ccccc2)cc1OC. The number of ether oxygens (including phenoxy) is 2. The van der Waals surface area contributed by atoms with Gasteiger partial charge >= 0.3 is 0 Å². The fourth-order valence-electron chi connectivity index (χ4n) is 4.22. The number of imidazole rings is 1. The average Bonchev–Trinajstić information content (AvgIpc) is 3.28. The van der Waals surface area contributed by atoms with Crippen molar-refractivity contribution >= 4 is 22.8 Å². The normalized spacial score (nSPS) is 10.8. The van der Waals surface area contributed by atoms with Crippen molar-refractivity contribution in [2.24, 2.45) is 0 Å². The molecule has 2 amide bonds. The van der Waals surface area contributed by atoms with E-state index in [-0.39, 0.29) is 18.4 Å². The topological polar surface area (TPSA) is 85.7 Å². The minimum absolute atomic E-state index is 0.00927. The first-order valence-electron chi connectivity index (χ1n) is 12.2. The molecule has 192 valence electrons. The first kappa shape index (κ1) is 25.8. The second-order valence-corrected chi connectivity index (χ2v) is 8.77. The second-order valence-electron chi connectivity index (χ2n) is 8.77. The monoisotopic (exact) mass is 500 g/mol. The smallest absolute Gasteiger partial charge is 0.251 e. The number of hydrogen-bond acceptors (Lipinski definition) is 5. The summed E-state index contributed by atoms with van der Waals surface area (Å²) in [7, 11) is 4.91. The number of nitrogens with one attached hydrogen (secondary N) is 1. The van der Waals surface area contributed by atoms with E-state index < -0.39 is 0 Å². The fraction of sp³-hybridized carbons (Fsp3) is 0.276. The minimum atomic E-state index is -0.188. The van der Waals surface area contributed by atoms with Gasteiger partial charge in [-0.2, -0.15) is 0 Å². The zero-order valence-corrected chi connectivity index (χ0v) is 21.4. The number of carbonyl (C=O) groups is 2. The van der Waals surface area contributed by atoms with Gasteiger partial charge in [0.15, 0.2) is 11.5 Å². The van der Waals surface area contributed by atoms with Crippen molar-refractivity contribution in [3.05, 3.63) is 89.7 Å². The number of carbonyl (C=O) groups excluding carboxylic acids is 2. The third kappa shape index (κ3) is 6.27. The van der Waals surface area contributed by atoms with Crippen LogP contribution in [0.1, 0.15) is 28.2 Å². The lowest BCUT2D eigenvalue weighted by atomic mass is 10.2. The number of rotatable bonds is 11. The van der Waals surface area contributed by atoms with Crippen LogP contribution in [0.2, 0.25) is 0 Å². The predicted octanol–water partition coefficient (Wildman–Crippen LogP) is 4.07. The number of methoxy groups -OCH3 is 2. The standard InChI is InChI=1S/C29H32N4O4/c1-32(19-21-10-5-4-6-11-21)28(34)20-33-24-13-8-7-12-23(24)31-27(33)14-9-17-30-29(35)22-15-16-25(36-2)26(18-22)37-3/h4-8,10-13,15-16,18H,9,14,17,19-20H2,1-3H3,(H,30,35). The van der Waals surface area contributed by atoms with Crippen LogP contribution in [-0.4, -0.2) is 54.1 Å². The number of aryl methyl sites for hydroxylation is 1. The van der Waals surface area contributed by atoms with Gasteiger partial charge < -0.3 is 24.3 Å². The van der Waals surface area contributed by atoms with Gasteiger partial charge in [-0.05, 0) is 42.3 Å². The van der Waals surface area contributed by atoms with Crippen LogP contribution >= 0.6 is 0 Å². The highest BCUT2D eigenvalue weighted by molar-refractivity contribution is 5.94. The van der Waals surface area contributed by atoms with Crippen LogP contribution in [0, 0.1) is 0 Å². The Bertz CT molecular complexity index is 1370. The lowest BCUT2D eigenvalue weighted by Crippen LogP contribution is -2.30. The van der Waals surface area contributed by atoms with Crippen molar-refractivity contribution in [2.45, 2.75) is 25.9 Å². The van der Waals surface area contributed by atoms with E-state index in [1.165, 1.54) is 7.11 Å². The van der Waals surface area contributed by atoms with Gasteiger partial charge in [0.25, 0.3) is 5.91 Å². The van der Waals surface area contributed by atoms with E-state index in [1.807, 2.05) is 66.2 Å². The summed E-state index contributed by atoms with van der Waals surface area (Å²) in [4.78, 5) is 32.2. The lowest BCUT2D eigenvalue weighted by molar-refractivity contribution is -0.131. The van der Waals surface area contributed by atoms with Crippen LogP contribution in [0.25, 0.3) is 11.0 Å². The minimum Gasteiger partial charge on any atom is -0.493 e. The van der Waals surface area contributed by atoms with Crippen molar-refractivity contribution in [2.75, 3.05) is 27.8 Å². The van der Waals surface area contributed by atoms with E-state index >= 15 is 0 Å². The molecule has 0 saturated heterocycles. The molecule has 0 radical (unpaired) electrons. The third-order valence-electron chi connectivity index (χ3n) is 6.22. The van der Waals surface area contributed by atoms with E-state index in [2.05, 4.69) is 5.32 Å². The molecule has 0 atom stereocenters. The van der Waals surface area contributed by atoms with Gasteiger partial charge in [0.1, 0.15) is 12.4 Å². The first-order chi connectivity index (χ1) is 18.0. The van der Waals surface area contributed by atoms with Gasteiger partial charge in [0, 0.05) is 32.1 Å². The average molecular weight is 501 g/mol. The largest absolute Gasteiger partial charge is 0.493 e. The molecule has 8 nitrogen and oxygen atoms in total. The molecule has 1 N–H and O–H groups in total. The highest BCUT2D eigenvalue weighted by atomic mass is 16.5. The molecule has 4 rings (SSSR count). The molecule has 4 aromatic rings. The van der Waals surface area contributed by atoms with Crippen LogP contribution in [-0.2, 0) is 24.3 Å². The van der Waals surface area contributed by atoms with Crippen LogP contribution < -0.4 is 14.8 Å². The Morgan fingerprint density at radius 1 is 0.946 bits per heavy atom. The molecule has 0 aliphatic carbocycles. The molecule has 0 saturated carbocycles. The second kappa shape index (κ2) is 12.1. The predicted molar refractivity (Wildman–Crippen MR) is 143 cm³/mol. The van der Waals surface area contributed by atoms with Gasteiger partial charge in [0.05, 0.1) is 25.3 Å². The highest BCUT2D eigenvalue weighted by Crippen LogP contribution is 2.27. The third-order valence-corrected chi connectivity index (χ3v) is 6.22. The number of para-hydroxylation sites is 2. The summed E-state index contributed by atoms with van der Waals surface area (Å²) in [5, 5.41) is 2.95. The maximum absolute atomic E-state index is 13.1. The van der Waals surface area contributed by atoms with Gasteiger partial charge in [-0.25, -0.2) is 4.98 Å². The van der Waals surface area contributed by atoms with Crippen molar-refractivity contribution in [3.8, 4) is 11.5 Å². The van der Waals surface area contributed by atoms with Gasteiger partial charge in [-0.3, -0.25) is 9.59 Å². The molecule has 0 fully saturated rings. The lowest BCUT2D eigenvalue weighted by Gasteiger charge is -2.19. The summed E-state index contributed by atoms with van der Waals surface area (Å²) in [6.45, 7) is 1.22. The number of likely N-dealkylation sites (N-methyl/N-ethyl adjacent to an activating group) is 1. The van der Waals surface area contributed by atoms with Gasteiger partial charge in [0.2, 0.25) is 5.91 Å². The summed E-state index contributed by atoms with van der Waals surface area (Å²) < 4.78 is 12.5. The Morgan fingerprint density at radius 2 is 1.68 bits per heavy atom. The Hall–Kier alpha value is -4.33. The maximum Gasteiger partial charge on any atom is 0.251 e. The Morgan fingerprint density at radius 3 is 2.43 bits per heavy atom. The molecule has 0 aliphatic rings. The van der Waals surface area contributed by atoms with Crippen LogP contribution in [0.3, 0.4) is 0 Å². The van der Waals surface area contributed by atoms with E-state index in [0.29, 0.717) is 43.0 Å². The Kier molecular flexibility index (Phi) is 8.40. The summed E-state index contributed by atoms with van der Waals surface area (Å²) in [6, 6.07) is 22.8. The zero-order valence-electron chi connectivity index (χ0n) is 21.4. The number of amides is 2. The first-order valence-corrected chi connectivity index (χ1v) is 12.2. The quantitative estimate of drug-likeness (QED) is 0.314. The molecule has 0 bridgehead atoms. The molecular formula is C29H32N4O4. The summed E-state index contributed by atoms with van der Waals surface area (Å²) >= 11 is 0. The molecular weight excluding hydrogens is 468 g/mol. The number of hydrogen-bond donors (Lipinski definition) is 1. The Labute approximate surface area is 216 Å². The molecule has 1 aromatic heterocycles. The molecule has 3 aromatic carbocycles. The molecule has 8 heteroatoms. The molecule has 0 spiro atoms. The van der Waals surface area contributed by atoms with E-state index in [4.69, 9.17) is 14.5 Å². The Balaban J connectivity index is 1.39. The van der Waals surface area contributed by atoms with E-state index in [1.54, 1.807) is 30.2 Å². The van der Waals surface area contributed by atoms with Gasteiger partial charge in [-0.15, -0.1) is 0 Å². The number of aromatic nitrogens is 2. The number of fused-ring (bicyclic) bond motifs is 1. The van der Waals surface area contributed by atoms with E-state index in [0.717, 1.165) is 22.4 Å². The molecule has 0 aliphatic heterocycles. The van der Waals surface area contributed by atoms with Gasteiger partial charge in [-0.1, -0.05) is 42.5 Å². The summed E-state index contributed by atoms with van der Waals surface area (Å²) in [6.07, 6.45) is 1.30. The fourth-order valence-corrected chi connectivity index (χ4v) is 4.22. The molecule has 37 heavy (non-hydrogen) atoms. The van der Waals surface area contributed by atoms with Crippen molar-refractivity contribution in [1.29, 1.82) is 0 Å². The van der Waals surface area contributed by atoms with Crippen molar-refractivity contribution in [3.63, 3.8) is 0 Å².